The van der Waals surface area contributed by atoms with Crippen molar-refractivity contribution in [1.82, 2.24) is 0 Å². The smallest absolute Gasteiger partial charge is 0.315 e. The first-order valence-corrected chi connectivity index (χ1v) is 7.59. The molecule has 0 amide bonds. The Balaban J connectivity index is 2.28. The molecule has 1 aromatic rings. The molecule has 0 bridgehead atoms. The zero-order chi connectivity index (χ0) is 14.6. The Morgan fingerprint density at radius 3 is 2.35 bits per heavy atom. The maximum Gasteiger partial charge on any atom is 0.315 e. The molecule has 1 aliphatic carbocycles. The van der Waals surface area contributed by atoms with Crippen LogP contribution >= 0.6 is 0 Å². The maximum atomic E-state index is 11.9. The average Bonchev–Trinajstić information content (AvgIpc) is 2.46. The summed E-state index contributed by atoms with van der Waals surface area (Å²) in [7, 11) is 0. The topological polar surface area (TPSA) is 63.3 Å². The van der Waals surface area contributed by atoms with Crippen molar-refractivity contribution in [2.45, 2.75) is 50.9 Å². The maximum absolute atomic E-state index is 11.9. The van der Waals surface area contributed by atoms with Crippen LogP contribution in [0.3, 0.4) is 0 Å². The van der Waals surface area contributed by atoms with E-state index in [-0.39, 0.29) is 6.54 Å². The molecule has 0 aromatic heterocycles. The number of aliphatic carboxylic acids is 1. The highest BCUT2D eigenvalue weighted by Gasteiger charge is 2.41. The molecule has 0 saturated heterocycles. The summed E-state index contributed by atoms with van der Waals surface area (Å²) in [6.07, 6.45) is 6.67. The molecule has 3 nitrogen and oxygen atoms in total. The summed E-state index contributed by atoms with van der Waals surface area (Å²) in [6, 6.07) is 7.81. The van der Waals surface area contributed by atoms with Crippen LogP contribution in [0.4, 0.5) is 0 Å². The predicted octanol–water partition coefficient (Wildman–Crippen LogP) is 3.25. The van der Waals surface area contributed by atoms with Crippen LogP contribution in [0, 0.1) is 12.8 Å². The zero-order valence-corrected chi connectivity index (χ0v) is 12.3. The van der Waals surface area contributed by atoms with E-state index in [0.29, 0.717) is 12.3 Å². The van der Waals surface area contributed by atoms with Crippen LogP contribution in [0.2, 0.25) is 0 Å². The van der Waals surface area contributed by atoms with Gasteiger partial charge in [0.25, 0.3) is 0 Å². The highest BCUT2D eigenvalue weighted by Crippen LogP contribution is 2.37. The summed E-state index contributed by atoms with van der Waals surface area (Å²) in [5, 5.41) is 9.80. The first kappa shape index (κ1) is 15.0. The molecule has 0 spiro atoms. The number of carboxylic acid groups (broad SMARTS) is 1. The van der Waals surface area contributed by atoms with Gasteiger partial charge in [0.1, 0.15) is 5.41 Å². The molecule has 3 heteroatoms. The van der Waals surface area contributed by atoms with Crippen LogP contribution in [0.25, 0.3) is 0 Å². The lowest BCUT2D eigenvalue weighted by atomic mass is 9.70. The molecular weight excluding hydrogens is 250 g/mol. The van der Waals surface area contributed by atoms with Crippen LogP contribution in [0.15, 0.2) is 24.3 Å². The lowest BCUT2D eigenvalue weighted by Gasteiger charge is -2.34. The Morgan fingerprint density at radius 1 is 1.25 bits per heavy atom. The van der Waals surface area contributed by atoms with E-state index in [9.17, 15) is 9.90 Å². The van der Waals surface area contributed by atoms with Gasteiger partial charge in [-0.1, -0.05) is 61.9 Å². The van der Waals surface area contributed by atoms with Gasteiger partial charge in [0.15, 0.2) is 0 Å². The van der Waals surface area contributed by atoms with E-state index in [0.717, 1.165) is 24.0 Å². The lowest BCUT2D eigenvalue weighted by molar-refractivity contribution is -0.144. The van der Waals surface area contributed by atoms with Crippen LogP contribution in [0.1, 0.15) is 49.7 Å². The van der Waals surface area contributed by atoms with Gasteiger partial charge in [-0.05, 0) is 24.8 Å². The highest BCUT2D eigenvalue weighted by molar-refractivity contribution is 5.81. The molecule has 0 radical (unpaired) electrons. The second-order valence-corrected chi connectivity index (χ2v) is 6.17. The van der Waals surface area contributed by atoms with Crippen molar-refractivity contribution in [3.63, 3.8) is 0 Å². The van der Waals surface area contributed by atoms with Gasteiger partial charge in [-0.3, -0.25) is 4.79 Å². The summed E-state index contributed by atoms with van der Waals surface area (Å²) < 4.78 is 0. The summed E-state index contributed by atoms with van der Waals surface area (Å²) >= 11 is 0. The molecule has 0 heterocycles. The number of hydrogen-bond acceptors (Lipinski definition) is 2. The van der Waals surface area contributed by atoms with E-state index in [1.54, 1.807) is 0 Å². The Morgan fingerprint density at radius 2 is 1.85 bits per heavy atom. The fourth-order valence-electron chi connectivity index (χ4n) is 3.37. The van der Waals surface area contributed by atoms with Crippen molar-refractivity contribution in [2.75, 3.05) is 6.54 Å². The zero-order valence-electron chi connectivity index (χ0n) is 12.3. The van der Waals surface area contributed by atoms with E-state index >= 15 is 0 Å². The van der Waals surface area contributed by atoms with E-state index in [1.807, 2.05) is 31.2 Å². The van der Waals surface area contributed by atoms with Crippen LogP contribution < -0.4 is 5.73 Å². The first-order valence-electron chi connectivity index (χ1n) is 7.59. The van der Waals surface area contributed by atoms with Crippen LogP contribution in [0.5, 0.6) is 0 Å². The van der Waals surface area contributed by atoms with Crippen molar-refractivity contribution < 1.29 is 9.90 Å². The Kier molecular flexibility index (Phi) is 4.81. The number of hydrogen-bond donors (Lipinski definition) is 2. The van der Waals surface area contributed by atoms with Gasteiger partial charge < -0.3 is 10.8 Å². The van der Waals surface area contributed by atoms with Crippen LogP contribution in [-0.2, 0) is 10.2 Å². The second-order valence-electron chi connectivity index (χ2n) is 6.17. The number of carboxylic acids is 1. The molecule has 3 N–H and O–H groups in total. The third kappa shape index (κ3) is 3.04. The minimum Gasteiger partial charge on any atom is -0.481 e. The molecular formula is C17H25NO2. The summed E-state index contributed by atoms with van der Waals surface area (Å²) in [4.78, 5) is 11.9. The van der Waals surface area contributed by atoms with Crippen molar-refractivity contribution in [3.8, 4) is 0 Å². The normalized spacial score (nSPS) is 19.5. The van der Waals surface area contributed by atoms with Crippen molar-refractivity contribution in [1.29, 1.82) is 0 Å². The second kappa shape index (κ2) is 6.40. The molecule has 0 aliphatic heterocycles. The molecule has 1 unspecified atom stereocenters. The van der Waals surface area contributed by atoms with Crippen LogP contribution in [-0.4, -0.2) is 17.6 Å². The Labute approximate surface area is 121 Å². The third-order valence-corrected chi connectivity index (χ3v) is 4.72. The van der Waals surface area contributed by atoms with Gasteiger partial charge in [-0.15, -0.1) is 0 Å². The Bertz CT molecular complexity index is 449. The quantitative estimate of drug-likeness (QED) is 0.867. The fourth-order valence-corrected chi connectivity index (χ4v) is 3.37. The monoisotopic (exact) mass is 275 g/mol. The van der Waals surface area contributed by atoms with Gasteiger partial charge in [0, 0.05) is 6.54 Å². The van der Waals surface area contributed by atoms with Gasteiger partial charge in [0.05, 0.1) is 0 Å². The minimum atomic E-state index is -0.921. The van der Waals surface area contributed by atoms with Gasteiger partial charge in [-0.2, -0.15) is 0 Å². The van der Waals surface area contributed by atoms with Crippen molar-refractivity contribution in [3.05, 3.63) is 35.4 Å². The molecule has 1 aromatic carbocycles. The minimum absolute atomic E-state index is 0.169. The van der Waals surface area contributed by atoms with Crippen molar-refractivity contribution >= 4 is 5.97 Å². The molecule has 20 heavy (non-hydrogen) atoms. The number of aryl methyl sites for hydroxylation is 1. The fraction of sp³-hybridized carbons (Fsp3) is 0.588. The molecule has 2 rings (SSSR count). The summed E-state index contributed by atoms with van der Waals surface area (Å²) in [5.41, 5.74) is 6.99. The highest BCUT2D eigenvalue weighted by atomic mass is 16.4. The average molecular weight is 275 g/mol. The van der Waals surface area contributed by atoms with Gasteiger partial charge in [-0.25, -0.2) is 0 Å². The molecule has 1 fully saturated rings. The number of nitrogens with two attached hydrogens (primary N) is 1. The SMILES string of the molecule is Cc1ccc(C(CN)(CC2CCCCC2)C(=O)O)cc1. The molecule has 1 saturated carbocycles. The van der Waals surface area contributed by atoms with Crippen molar-refractivity contribution in [2.24, 2.45) is 11.7 Å². The molecule has 110 valence electrons. The van der Waals surface area contributed by atoms with Gasteiger partial charge in [0.2, 0.25) is 0 Å². The van der Waals surface area contributed by atoms with E-state index < -0.39 is 11.4 Å². The number of carbonyl (C=O) groups is 1. The summed E-state index contributed by atoms with van der Waals surface area (Å²) in [5.74, 6) is -0.292. The standard InChI is InChI=1S/C17H25NO2/c1-13-7-9-15(10-8-13)17(12-18,16(19)20)11-14-5-3-2-4-6-14/h7-10,14H,2-6,11-12,18H2,1H3,(H,19,20). The van der Waals surface area contributed by atoms with E-state index in [2.05, 4.69) is 0 Å². The van der Waals surface area contributed by atoms with E-state index in [4.69, 9.17) is 5.73 Å². The molecule has 1 aliphatic rings. The number of benzene rings is 1. The molecule has 1 atom stereocenters. The Hall–Kier alpha value is -1.35. The first-order chi connectivity index (χ1) is 9.58. The summed E-state index contributed by atoms with van der Waals surface area (Å²) in [6.45, 7) is 2.18. The van der Waals surface area contributed by atoms with Gasteiger partial charge >= 0.3 is 5.97 Å². The van der Waals surface area contributed by atoms with E-state index in [1.165, 1.54) is 19.3 Å². The number of rotatable bonds is 5. The largest absolute Gasteiger partial charge is 0.481 e. The third-order valence-electron chi connectivity index (χ3n) is 4.72. The predicted molar refractivity (Wildman–Crippen MR) is 80.7 cm³/mol. The lowest BCUT2D eigenvalue weighted by Crippen LogP contribution is -2.44.